The highest BCUT2D eigenvalue weighted by atomic mass is 16.2. The molecule has 108 valence electrons. The second-order valence-corrected chi connectivity index (χ2v) is 6.47. The van der Waals surface area contributed by atoms with Crippen LogP contribution in [0.2, 0.25) is 0 Å². The number of rotatable bonds is 3. The Bertz CT molecular complexity index is 359. The van der Waals surface area contributed by atoms with Crippen molar-refractivity contribution < 1.29 is 9.59 Å². The predicted octanol–water partition coefficient (Wildman–Crippen LogP) is 0.714. The van der Waals surface area contributed by atoms with E-state index < -0.39 is 11.8 Å². The van der Waals surface area contributed by atoms with Gasteiger partial charge in [0.25, 0.3) is 0 Å². The molecule has 0 bridgehead atoms. The van der Waals surface area contributed by atoms with Crippen LogP contribution in [0.15, 0.2) is 12.7 Å². The Morgan fingerprint density at radius 3 is 2.21 bits per heavy atom. The van der Waals surface area contributed by atoms with E-state index in [9.17, 15) is 9.59 Å². The molecular formula is C14H25N3O2. The van der Waals surface area contributed by atoms with E-state index in [1.807, 2.05) is 0 Å². The molecule has 19 heavy (non-hydrogen) atoms. The second kappa shape index (κ2) is 5.74. The minimum atomic E-state index is -0.603. The fraction of sp³-hybridized carbons (Fsp3) is 0.714. The molecule has 0 radical (unpaired) electrons. The SMILES string of the molecule is C=CCNC(=O)C(=O)NC1CC(C)(C)NC(C)(C)C1. The van der Waals surface area contributed by atoms with Gasteiger partial charge in [-0.1, -0.05) is 6.08 Å². The highest BCUT2D eigenvalue weighted by Crippen LogP contribution is 2.28. The van der Waals surface area contributed by atoms with E-state index >= 15 is 0 Å². The van der Waals surface area contributed by atoms with E-state index in [4.69, 9.17) is 0 Å². The molecule has 5 nitrogen and oxygen atoms in total. The van der Waals surface area contributed by atoms with Crippen LogP contribution in [0.3, 0.4) is 0 Å². The summed E-state index contributed by atoms with van der Waals surface area (Å²) in [6.07, 6.45) is 3.15. The van der Waals surface area contributed by atoms with Crippen molar-refractivity contribution in [3.8, 4) is 0 Å². The van der Waals surface area contributed by atoms with Gasteiger partial charge >= 0.3 is 11.8 Å². The first kappa shape index (κ1) is 15.7. The van der Waals surface area contributed by atoms with Crippen LogP contribution in [0.4, 0.5) is 0 Å². The maximum absolute atomic E-state index is 11.8. The quantitative estimate of drug-likeness (QED) is 0.521. The molecule has 0 aliphatic carbocycles. The van der Waals surface area contributed by atoms with E-state index in [2.05, 4.69) is 50.2 Å². The average Bonchev–Trinajstić information content (AvgIpc) is 2.20. The predicted molar refractivity (Wildman–Crippen MR) is 75.7 cm³/mol. The first-order valence-electron chi connectivity index (χ1n) is 6.64. The van der Waals surface area contributed by atoms with Gasteiger partial charge in [-0.3, -0.25) is 9.59 Å². The van der Waals surface area contributed by atoms with Gasteiger partial charge < -0.3 is 16.0 Å². The zero-order valence-corrected chi connectivity index (χ0v) is 12.3. The lowest BCUT2D eigenvalue weighted by Gasteiger charge is -2.46. The zero-order valence-electron chi connectivity index (χ0n) is 12.3. The topological polar surface area (TPSA) is 70.2 Å². The van der Waals surface area contributed by atoms with Crippen molar-refractivity contribution in [2.24, 2.45) is 0 Å². The van der Waals surface area contributed by atoms with Crippen molar-refractivity contribution in [3.05, 3.63) is 12.7 Å². The number of nitrogens with one attached hydrogen (secondary N) is 3. The van der Waals surface area contributed by atoms with Crippen LogP contribution in [0.5, 0.6) is 0 Å². The molecule has 0 spiro atoms. The van der Waals surface area contributed by atoms with Gasteiger partial charge in [0.1, 0.15) is 0 Å². The van der Waals surface area contributed by atoms with Gasteiger partial charge in [-0.15, -0.1) is 6.58 Å². The molecule has 1 rings (SSSR count). The number of hydrogen-bond donors (Lipinski definition) is 3. The van der Waals surface area contributed by atoms with Crippen molar-refractivity contribution in [3.63, 3.8) is 0 Å². The Labute approximate surface area is 115 Å². The second-order valence-electron chi connectivity index (χ2n) is 6.47. The zero-order chi connectivity index (χ0) is 14.7. The number of amides is 2. The van der Waals surface area contributed by atoms with Crippen LogP contribution in [-0.4, -0.2) is 35.5 Å². The Morgan fingerprint density at radius 2 is 1.74 bits per heavy atom. The Balaban J connectivity index is 2.58. The molecule has 1 heterocycles. The lowest BCUT2D eigenvalue weighted by molar-refractivity contribution is -0.139. The summed E-state index contributed by atoms with van der Waals surface area (Å²) < 4.78 is 0. The van der Waals surface area contributed by atoms with E-state index in [0.717, 1.165) is 12.8 Å². The first-order valence-corrected chi connectivity index (χ1v) is 6.64. The number of carbonyl (C=O) groups excluding carboxylic acids is 2. The summed E-state index contributed by atoms with van der Waals surface area (Å²) in [7, 11) is 0. The maximum Gasteiger partial charge on any atom is 0.309 e. The molecule has 3 N–H and O–H groups in total. The van der Waals surface area contributed by atoms with E-state index in [0.29, 0.717) is 6.54 Å². The maximum atomic E-state index is 11.8. The molecule has 1 aliphatic rings. The molecule has 0 aromatic heterocycles. The van der Waals surface area contributed by atoms with E-state index in [1.165, 1.54) is 0 Å². The summed E-state index contributed by atoms with van der Waals surface area (Å²) in [5, 5.41) is 8.83. The number of hydrogen-bond acceptors (Lipinski definition) is 3. The van der Waals surface area contributed by atoms with Crippen molar-refractivity contribution >= 4 is 11.8 Å². The molecule has 1 saturated heterocycles. The third kappa shape index (κ3) is 5.03. The molecule has 1 aliphatic heterocycles. The molecule has 1 fully saturated rings. The van der Waals surface area contributed by atoms with Crippen LogP contribution in [0.25, 0.3) is 0 Å². The lowest BCUT2D eigenvalue weighted by Crippen LogP contribution is -2.62. The van der Waals surface area contributed by atoms with Crippen molar-refractivity contribution in [1.82, 2.24) is 16.0 Å². The normalized spacial score (nSPS) is 21.5. The minimum absolute atomic E-state index is 0.00762. The standard InChI is InChI=1S/C14H25N3O2/c1-6-7-15-11(18)12(19)16-10-8-13(2,3)17-14(4,5)9-10/h6,10,17H,1,7-9H2,2-5H3,(H,15,18)(H,16,19). The molecular weight excluding hydrogens is 242 g/mol. The van der Waals surface area contributed by atoms with Gasteiger partial charge in [-0.25, -0.2) is 0 Å². The Morgan fingerprint density at radius 1 is 1.21 bits per heavy atom. The van der Waals surface area contributed by atoms with Gasteiger partial charge in [0.15, 0.2) is 0 Å². The van der Waals surface area contributed by atoms with E-state index in [-0.39, 0.29) is 17.1 Å². The molecule has 0 saturated carbocycles. The van der Waals surface area contributed by atoms with Gasteiger partial charge in [-0.2, -0.15) is 0 Å². The highest BCUT2D eigenvalue weighted by Gasteiger charge is 2.38. The Kier molecular flexibility index (Phi) is 4.74. The first-order chi connectivity index (χ1) is 8.65. The monoisotopic (exact) mass is 267 g/mol. The summed E-state index contributed by atoms with van der Waals surface area (Å²) in [6.45, 7) is 12.2. The van der Waals surface area contributed by atoms with Crippen molar-refractivity contribution in [2.75, 3.05) is 6.54 Å². The van der Waals surface area contributed by atoms with Crippen LogP contribution < -0.4 is 16.0 Å². The molecule has 0 aromatic rings. The van der Waals surface area contributed by atoms with Crippen LogP contribution in [0, 0.1) is 0 Å². The fourth-order valence-electron chi connectivity index (χ4n) is 2.92. The van der Waals surface area contributed by atoms with Crippen molar-refractivity contribution in [1.29, 1.82) is 0 Å². The summed E-state index contributed by atoms with van der Waals surface area (Å²) in [6, 6.07) is 0.00762. The minimum Gasteiger partial charge on any atom is -0.345 e. The smallest absolute Gasteiger partial charge is 0.309 e. The highest BCUT2D eigenvalue weighted by molar-refractivity contribution is 6.35. The number of piperidine rings is 1. The van der Waals surface area contributed by atoms with Gasteiger partial charge in [0.05, 0.1) is 0 Å². The summed E-state index contributed by atoms with van der Waals surface area (Å²) in [4.78, 5) is 23.3. The van der Waals surface area contributed by atoms with Crippen LogP contribution >= 0.6 is 0 Å². The fourth-order valence-corrected chi connectivity index (χ4v) is 2.92. The number of carbonyl (C=O) groups is 2. The molecule has 0 aromatic carbocycles. The van der Waals surface area contributed by atoms with Crippen LogP contribution in [0.1, 0.15) is 40.5 Å². The van der Waals surface area contributed by atoms with E-state index in [1.54, 1.807) is 6.08 Å². The average molecular weight is 267 g/mol. The van der Waals surface area contributed by atoms with Gasteiger partial charge in [-0.05, 0) is 40.5 Å². The molecule has 2 amide bonds. The third-order valence-corrected chi connectivity index (χ3v) is 3.14. The summed E-state index contributed by atoms with van der Waals surface area (Å²) in [5.74, 6) is -1.17. The lowest BCUT2D eigenvalue weighted by atomic mass is 9.79. The summed E-state index contributed by atoms with van der Waals surface area (Å²) in [5.41, 5.74) is -0.116. The largest absolute Gasteiger partial charge is 0.345 e. The Hall–Kier alpha value is -1.36. The molecule has 5 heteroatoms. The van der Waals surface area contributed by atoms with Gasteiger partial charge in [0.2, 0.25) is 0 Å². The molecule has 0 atom stereocenters. The van der Waals surface area contributed by atoms with Crippen molar-refractivity contribution in [2.45, 2.75) is 57.7 Å². The third-order valence-electron chi connectivity index (χ3n) is 3.14. The summed E-state index contributed by atoms with van der Waals surface area (Å²) >= 11 is 0. The molecule has 0 unspecified atom stereocenters. The van der Waals surface area contributed by atoms with Gasteiger partial charge in [0, 0.05) is 23.7 Å². The van der Waals surface area contributed by atoms with Crippen LogP contribution in [-0.2, 0) is 9.59 Å².